The summed E-state index contributed by atoms with van der Waals surface area (Å²) in [6.07, 6.45) is 3.44. The third-order valence-electron chi connectivity index (χ3n) is 6.17. The van der Waals surface area contributed by atoms with E-state index >= 15 is 0 Å². The van der Waals surface area contributed by atoms with Gasteiger partial charge in [0.1, 0.15) is 0 Å². The number of aromatic nitrogens is 2. The highest BCUT2D eigenvalue weighted by molar-refractivity contribution is 6.31. The standard InChI is InChI=1S/C23H31ClN6O2/c1-18(2)26(3)21-15-25-30(17-21)23(31)29-8-6-27(7-9-29)16-19-4-5-20(14-22(19)24)28-10-12-32-13-11-28/h4-5,14-15,17H,1,6-13,16H2,2-3H3. The molecule has 32 heavy (non-hydrogen) atoms. The zero-order valence-electron chi connectivity index (χ0n) is 18.8. The van der Waals surface area contributed by atoms with E-state index in [1.54, 1.807) is 12.4 Å². The van der Waals surface area contributed by atoms with Gasteiger partial charge in [-0.15, -0.1) is 0 Å². The summed E-state index contributed by atoms with van der Waals surface area (Å²) in [5.74, 6) is 0. The highest BCUT2D eigenvalue weighted by Gasteiger charge is 2.24. The van der Waals surface area contributed by atoms with Gasteiger partial charge in [0.05, 0.1) is 31.3 Å². The van der Waals surface area contributed by atoms with Gasteiger partial charge < -0.3 is 19.4 Å². The van der Waals surface area contributed by atoms with E-state index in [2.05, 4.69) is 39.7 Å². The lowest BCUT2D eigenvalue weighted by atomic mass is 10.1. The number of rotatable bonds is 5. The van der Waals surface area contributed by atoms with Crippen LogP contribution in [0.3, 0.4) is 0 Å². The molecule has 0 bridgehead atoms. The molecule has 4 rings (SSSR count). The molecule has 172 valence electrons. The molecule has 0 radical (unpaired) electrons. The van der Waals surface area contributed by atoms with Gasteiger partial charge in [0, 0.05) is 69.3 Å². The Morgan fingerprint density at radius 1 is 1.19 bits per heavy atom. The van der Waals surface area contributed by atoms with Crippen molar-refractivity contribution >= 4 is 29.0 Å². The average molecular weight is 459 g/mol. The second-order valence-corrected chi connectivity index (χ2v) is 8.77. The molecule has 1 aromatic carbocycles. The van der Waals surface area contributed by atoms with E-state index in [4.69, 9.17) is 16.3 Å². The highest BCUT2D eigenvalue weighted by Crippen LogP contribution is 2.26. The summed E-state index contributed by atoms with van der Waals surface area (Å²) in [7, 11) is 1.91. The monoisotopic (exact) mass is 458 g/mol. The van der Waals surface area contributed by atoms with Crippen LogP contribution >= 0.6 is 11.6 Å². The predicted molar refractivity (Wildman–Crippen MR) is 128 cm³/mol. The van der Waals surface area contributed by atoms with Gasteiger partial charge in [-0.1, -0.05) is 24.2 Å². The van der Waals surface area contributed by atoms with Crippen molar-refractivity contribution in [3.63, 3.8) is 0 Å². The lowest BCUT2D eigenvalue weighted by Crippen LogP contribution is -2.49. The fourth-order valence-corrected chi connectivity index (χ4v) is 4.21. The molecule has 1 amide bonds. The van der Waals surface area contributed by atoms with E-state index in [0.29, 0.717) is 13.1 Å². The summed E-state index contributed by atoms with van der Waals surface area (Å²) in [6, 6.07) is 6.22. The third kappa shape index (κ3) is 5.09. The number of allylic oxidation sites excluding steroid dienone is 1. The van der Waals surface area contributed by atoms with Crippen LogP contribution in [-0.4, -0.2) is 85.1 Å². The fourth-order valence-electron chi connectivity index (χ4n) is 3.98. The van der Waals surface area contributed by atoms with E-state index in [-0.39, 0.29) is 6.03 Å². The van der Waals surface area contributed by atoms with Crippen LogP contribution in [0.25, 0.3) is 0 Å². The SMILES string of the molecule is C=C(C)N(C)c1cnn(C(=O)N2CCN(Cc3ccc(N4CCOCC4)cc3Cl)CC2)c1. The van der Waals surface area contributed by atoms with Crippen molar-refractivity contribution in [1.82, 2.24) is 19.6 Å². The molecule has 0 N–H and O–H groups in total. The lowest BCUT2D eigenvalue weighted by Gasteiger charge is -2.34. The number of carbonyl (C=O) groups excluding carboxylic acids is 1. The number of carbonyl (C=O) groups is 1. The van der Waals surface area contributed by atoms with E-state index in [1.807, 2.05) is 23.8 Å². The largest absolute Gasteiger partial charge is 0.378 e. The van der Waals surface area contributed by atoms with Gasteiger partial charge in [0.25, 0.3) is 0 Å². The molecular weight excluding hydrogens is 428 g/mol. The van der Waals surface area contributed by atoms with E-state index in [0.717, 1.165) is 73.6 Å². The van der Waals surface area contributed by atoms with E-state index in [1.165, 1.54) is 4.68 Å². The second-order valence-electron chi connectivity index (χ2n) is 8.36. The number of halogens is 1. The van der Waals surface area contributed by atoms with Crippen molar-refractivity contribution in [2.24, 2.45) is 0 Å². The number of hydrogen-bond donors (Lipinski definition) is 0. The summed E-state index contributed by atoms with van der Waals surface area (Å²) < 4.78 is 6.84. The normalized spacial score (nSPS) is 17.5. The number of hydrogen-bond acceptors (Lipinski definition) is 6. The van der Waals surface area contributed by atoms with Crippen LogP contribution in [0.1, 0.15) is 12.5 Å². The summed E-state index contributed by atoms with van der Waals surface area (Å²) in [4.78, 5) is 21.2. The number of amides is 1. The number of nitrogens with zero attached hydrogens (tertiary/aromatic N) is 6. The Bertz CT molecular complexity index is 963. The van der Waals surface area contributed by atoms with Gasteiger partial charge in [0.2, 0.25) is 0 Å². The summed E-state index contributed by atoms with van der Waals surface area (Å²) >= 11 is 6.61. The maximum Gasteiger partial charge on any atom is 0.344 e. The van der Waals surface area contributed by atoms with Crippen LogP contribution in [0.15, 0.2) is 42.9 Å². The number of ether oxygens (including phenoxy) is 1. The smallest absolute Gasteiger partial charge is 0.344 e. The summed E-state index contributed by atoms with van der Waals surface area (Å²) in [6.45, 7) is 12.8. The van der Waals surface area contributed by atoms with Crippen molar-refractivity contribution in [3.05, 3.63) is 53.5 Å². The Hall–Kier alpha value is -2.55. The maximum absolute atomic E-state index is 12.8. The van der Waals surface area contributed by atoms with Gasteiger partial charge in [0.15, 0.2) is 0 Å². The lowest BCUT2D eigenvalue weighted by molar-refractivity contribution is 0.122. The van der Waals surface area contributed by atoms with Crippen LogP contribution in [0.5, 0.6) is 0 Å². The molecule has 0 unspecified atom stereocenters. The van der Waals surface area contributed by atoms with Gasteiger partial charge in [-0.2, -0.15) is 9.78 Å². The molecule has 1 aromatic heterocycles. The highest BCUT2D eigenvalue weighted by atomic mass is 35.5. The molecule has 0 spiro atoms. The second kappa shape index (κ2) is 9.94. The van der Waals surface area contributed by atoms with Crippen LogP contribution in [0.4, 0.5) is 16.2 Å². The molecule has 0 atom stereocenters. The first-order valence-corrected chi connectivity index (χ1v) is 11.4. The zero-order chi connectivity index (χ0) is 22.7. The Morgan fingerprint density at radius 3 is 2.56 bits per heavy atom. The molecule has 2 aliphatic rings. The van der Waals surface area contributed by atoms with Gasteiger partial charge in [-0.25, -0.2) is 4.79 Å². The molecular formula is C23H31ClN6O2. The number of anilines is 2. The van der Waals surface area contributed by atoms with E-state index in [9.17, 15) is 4.79 Å². The van der Waals surface area contributed by atoms with Gasteiger partial charge in [-0.05, 0) is 24.6 Å². The van der Waals surface area contributed by atoms with Crippen molar-refractivity contribution in [1.29, 1.82) is 0 Å². The zero-order valence-corrected chi connectivity index (χ0v) is 19.6. The minimum absolute atomic E-state index is 0.0982. The van der Waals surface area contributed by atoms with E-state index < -0.39 is 0 Å². The maximum atomic E-state index is 12.8. The van der Waals surface area contributed by atoms with Crippen molar-refractivity contribution in [2.75, 3.05) is 69.3 Å². The van der Waals surface area contributed by atoms with Crippen molar-refractivity contribution in [3.8, 4) is 0 Å². The van der Waals surface area contributed by atoms with Crippen LogP contribution in [-0.2, 0) is 11.3 Å². The molecule has 2 fully saturated rings. The Morgan fingerprint density at radius 2 is 1.91 bits per heavy atom. The number of benzene rings is 1. The minimum Gasteiger partial charge on any atom is -0.378 e. The number of morpholine rings is 1. The van der Waals surface area contributed by atoms with Crippen LogP contribution in [0, 0.1) is 0 Å². The predicted octanol–water partition coefficient (Wildman–Crippen LogP) is 3.13. The first-order valence-electron chi connectivity index (χ1n) is 11.0. The quantitative estimate of drug-likeness (QED) is 0.686. The average Bonchev–Trinajstić information content (AvgIpc) is 3.30. The molecule has 0 aliphatic carbocycles. The van der Waals surface area contributed by atoms with Gasteiger partial charge >= 0.3 is 6.03 Å². The summed E-state index contributed by atoms with van der Waals surface area (Å²) in [5, 5.41) is 5.03. The topological polar surface area (TPSA) is 57.1 Å². The fraction of sp³-hybridized carbons (Fsp3) is 0.478. The molecule has 2 aliphatic heterocycles. The Kier molecular flexibility index (Phi) is 7.03. The Balaban J connectivity index is 1.31. The molecule has 8 nitrogen and oxygen atoms in total. The molecule has 2 saturated heterocycles. The van der Waals surface area contributed by atoms with Crippen molar-refractivity contribution < 1.29 is 9.53 Å². The summed E-state index contributed by atoms with van der Waals surface area (Å²) in [5.41, 5.74) is 4.00. The molecule has 0 saturated carbocycles. The first-order chi connectivity index (χ1) is 15.4. The molecule has 3 heterocycles. The first kappa shape index (κ1) is 22.6. The van der Waals surface area contributed by atoms with Gasteiger partial charge in [-0.3, -0.25) is 4.90 Å². The third-order valence-corrected chi connectivity index (χ3v) is 6.53. The minimum atomic E-state index is -0.0982. The molecule has 2 aromatic rings. The molecule has 9 heteroatoms. The van der Waals surface area contributed by atoms with Crippen LogP contribution in [0.2, 0.25) is 5.02 Å². The Labute approximate surface area is 194 Å². The number of piperazine rings is 1. The van der Waals surface area contributed by atoms with Crippen molar-refractivity contribution in [2.45, 2.75) is 13.5 Å². The van der Waals surface area contributed by atoms with Crippen LogP contribution < -0.4 is 9.80 Å².